The molecule has 0 spiro atoms. The normalized spacial score (nSPS) is 12.4. The molecule has 0 aliphatic heterocycles. The van der Waals surface area contributed by atoms with Crippen molar-refractivity contribution in [2.75, 3.05) is 0 Å². The predicted octanol–water partition coefficient (Wildman–Crippen LogP) is 7.66. The van der Waals surface area contributed by atoms with Gasteiger partial charge in [0.1, 0.15) is 18.2 Å². The van der Waals surface area contributed by atoms with Crippen molar-refractivity contribution in [2.24, 2.45) is 5.10 Å². The second-order valence-electron chi connectivity index (χ2n) is 7.86. The van der Waals surface area contributed by atoms with Gasteiger partial charge >= 0.3 is 0 Å². The first-order chi connectivity index (χ1) is 16.4. The first kappa shape index (κ1) is 24.8. The molecule has 3 aromatic carbocycles. The monoisotopic (exact) mass is 645 g/mol. The van der Waals surface area contributed by atoms with E-state index in [0.717, 1.165) is 31.0 Å². The highest BCUT2D eigenvalue weighted by molar-refractivity contribution is 9.11. The summed E-state index contributed by atoms with van der Waals surface area (Å²) >= 11 is 10.5. The summed E-state index contributed by atoms with van der Waals surface area (Å²) in [6, 6.07) is 19.1. The molecule has 4 aromatic rings. The van der Waals surface area contributed by atoms with Crippen molar-refractivity contribution < 1.29 is 4.74 Å². The van der Waals surface area contributed by atoms with Crippen molar-refractivity contribution in [3.8, 4) is 5.75 Å². The number of ether oxygens (including phenoxy) is 1. The largest absolute Gasteiger partial charge is 0.488 e. The van der Waals surface area contributed by atoms with Gasteiger partial charge in [0.15, 0.2) is 0 Å². The molecule has 174 valence electrons. The number of rotatable bonds is 7. The zero-order valence-corrected chi connectivity index (χ0v) is 23.4. The number of halogens is 3. The maximum absolute atomic E-state index is 13.4. The van der Waals surface area contributed by atoms with Crippen LogP contribution in [0.5, 0.6) is 5.75 Å². The Kier molecular flexibility index (Phi) is 8.01. The van der Waals surface area contributed by atoms with Crippen LogP contribution in [-0.4, -0.2) is 15.9 Å². The number of nitrogens with zero attached hydrogens (tertiary/aromatic N) is 3. The van der Waals surface area contributed by atoms with Crippen LogP contribution in [0.4, 0.5) is 0 Å². The summed E-state index contributed by atoms with van der Waals surface area (Å²) in [6.07, 6.45) is 2.50. The fraction of sp³-hybridized carbons (Fsp3) is 0.192. The molecule has 0 N–H and O–H groups in total. The molecule has 4 rings (SSSR count). The second kappa shape index (κ2) is 11.0. The highest BCUT2D eigenvalue weighted by Gasteiger charge is 2.16. The highest BCUT2D eigenvalue weighted by Crippen LogP contribution is 2.25. The molecule has 0 fully saturated rings. The van der Waals surface area contributed by atoms with Crippen LogP contribution in [0.3, 0.4) is 0 Å². The molecule has 0 aliphatic carbocycles. The molecule has 0 bridgehead atoms. The Bertz CT molecular complexity index is 1430. The smallest absolute Gasteiger partial charge is 0.282 e. The summed E-state index contributed by atoms with van der Waals surface area (Å²) in [5.41, 5.74) is 2.26. The fourth-order valence-corrected chi connectivity index (χ4v) is 4.93. The van der Waals surface area contributed by atoms with E-state index >= 15 is 0 Å². The van der Waals surface area contributed by atoms with Gasteiger partial charge in [-0.2, -0.15) is 9.78 Å². The Balaban J connectivity index is 1.70. The van der Waals surface area contributed by atoms with E-state index in [-0.39, 0.29) is 11.5 Å². The van der Waals surface area contributed by atoms with Gasteiger partial charge in [0, 0.05) is 30.5 Å². The zero-order valence-electron chi connectivity index (χ0n) is 18.6. The van der Waals surface area contributed by atoms with Crippen molar-refractivity contribution in [1.29, 1.82) is 0 Å². The van der Waals surface area contributed by atoms with Gasteiger partial charge in [-0.05, 0) is 48.9 Å². The Hall–Kier alpha value is -2.29. The van der Waals surface area contributed by atoms with E-state index in [4.69, 9.17) is 9.72 Å². The lowest BCUT2D eigenvalue weighted by atomic mass is 10.1. The molecule has 0 saturated heterocycles. The summed E-state index contributed by atoms with van der Waals surface area (Å²) in [4.78, 5) is 18.1. The van der Waals surface area contributed by atoms with E-state index < -0.39 is 0 Å². The number of hydrogen-bond donors (Lipinski definition) is 0. The minimum Gasteiger partial charge on any atom is -0.488 e. The van der Waals surface area contributed by atoms with Gasteiger partial charge in [-0.1, -0.05) is 79.8 Å². The standard InChI is InChI=1S/C26H22Br3N3O2/c1-3-16(2)25-31-23-11-10-19(27)12-21(23)26(33)32(25)30-14-17-6-4-5-7-24(17)34-15-18-8-9-20(28)13-22(18)29/h4-14,16H,3,15H2,1-2H3/t16-/m0/s1. The Morgan fingerprint density at radius 1 is 1.06 bits per heavy atom. The summed E-state index contributed by atoms with van der Waals surface area (Å²) in [5, 5.41) is 5.09. The third kappa shape index (κ3) is 5.50. The Morgan fingerprint density at radius 3 is 2.56 bits per heavy atom. The molecule has 1 atom stereocenters. The highest BCUT2D eigenvalue weighted by atomic mass is 79.9. The number of fused-ring (bicyclic) bond motifs is 1. The van der Waals surface area contributed by atoms with Gasteiger partial charge < -0.3 is 4.74 Å². The Morgan fingerprint density at radius 2 is 1.79 bits per heavy atom. The van der Waals surface area contributed by atoms with Crippen LogP contribution in [0.1, 0.15) is 43.1 Å². The summed E-state index contributed by atoms with van der Waals surface area (Å²) in [7, 11) is 0. The van der Waals surface area contributed by atoms with E-state index in [2.05, 4.69) is 59.8 Å². The predicted molar refractivity (Wildman–Crippen MR) is 148 cm³/mol. The molecule has 0 radical (unpaired) electrons. The Labute approximate surface area is 223 Å². The molecular formula is C26H22Br3N3O2. The van der Waals surface area contributed by atoms with Crippen molar-refractivity contribution in [2.45, 2.75) is 32.8 Å². The van der Waals surface area contributed by atoms with Crippen LogP contribution in [0, 0.1) is 0 Å². The van der Waals surface area contributed by atoms with E-state index in [0.29, 0.717) is 29.1 Å². The van der Waals surface area contributed by atoms with Crippen molar-refractivity contribution in [1.82, 2.24) is 9.66 Å². The lowest BCUT2D eigenvalue weighted by Gasteiger charge is -2.14. The van der Waals surface area contributed by atoms with Gasteiger partial charge in [0.2, 0.25) is 0 Å². The van der Waals surface area contributed by atoms with Gasteiger partial charge in [0.25, 0.3) is 5.56 Å². The number of hydrogen-bond acceptors (Lipinski definition) is 4. The molecular weight excluding hydrogens is 626 g/mol. The van der Waals surface area contributed by atoms with E-state index in [1.54, 1.807) is 12.3 Å². The van der Waals surface area contributed by atoms with E-state index in [1.807, 2.05) is 61.5 Å². The van der Waals surface area contributed by atoms with Crippen molar-refractivity contribution in [3.63, 3.8) is 0 Å². The summed E-state index contributed by atoms with van der Waals surface area (Å²) in [6.45, 7) is 4.51. The quantitative estimate of drug-likeness (QED) is 0.194. The van der Waals surface area contributed by atoms with Crippen LogP contribution in [0.15, 0.2) is 84.0 Å². The number of aromatic nitrogens is 2. The average molecular weight is 648 g/mol. The van der Waals surface area contributed by atoms with Crippen LogP contribution in [0.25, 0.3) is 10.9 Å². The molecule has 5 nitrogen and oxygen atoms in total. The van der Waals surface area contributed by atoms with Crippen LogP contribution in [-0.2, 0) is 6.61 Å². The molecule has 34 heavy (non-hydrogen) atoms. The minimum atomic E-state index is -0.199. The first-order valence-electron chi connectivity index (χ1n) is 10.8. The van der Waals surface area contributed by atoms with Crippen LogP contribution in [0.2, 0.25) is 0 Å². The second-order valence-corrected chi connectivity index (χ2v) is 10.6. The number of benzene rings is 3. The lowest BCUT2D eigenvalue weighted by molar-refractivity contribution is 0.305. The summed E-state index contributed by atoms with van der Waals surface area (Å²) in [5.74, 6) is 1.38. The third-order valence-corrected chi connectivity index (χ3v) is 7.24. The third-order valence-electron chi connectivity index (χ3n) is 5.52. The molecule has 0 unspecified atom stereocenters. The molecule has 0 amide bonds. The lowest BCUT2D eigenvalue weighted by Crippen LogP contribution is -2.23. The van der Waals surface area contributed by atoms with Crippen molar-refractivity contribution >= 4 is 64.9 Å². The fourth-order valence-electron chi connectivity index (χ4n) is 3.41. The van der Waals surface area contributed by atoms with Gasteiger partial charge in [0.05, 0.1) is 17.1 Å². The van der Waals surface area contributed by atoms with E-state index in [9.17, 15) is 4.79 Å². The van der Waals surface area contributed by atoms with Gasteiger partial charge in [-0.3, -0.25) is 4.79 Å². The van der Waals surface area contributed by atoms with Crippen LogP contribution >= 0.6 is 47.8 Å². The van der Waals surface area contributed by atoms with Gasteiger partial charge in [-0.15, -0.1) is 0 Å². The minimum absolute atomic E-state index is 0.0687. The van der Waals surface area contributed by atoms with Crippen LogP contribution < -0.4 is 10.3 Å². The zero-order chi connectivity index (χ0) is 24.2. The van der Waals surface area contributed by atoms with E-state index in [1.165, 1.54) is 4.68 Å². The average Bonchev–Trinajstić information content (AvgIpc) is 2.83. The number of para-hydroxylation sites is 1. The SMILES string of the molecule is CC[C@H](C)c1nc2ccc(Br)cc2c(=O)n1N=Cc1ccccc1OCc1ccc(Br)cc1Br. The van der Waals surface area contributed by atoms with Gasteiger partial charge in [-0.25, -0.2) is 4.98 Å². The molecule has 1 aromatic heterocycles. The molecule has 8 heteroatoms. The maximum Gasteiger partial charge on any atom is 0.282 e. The van der Waals surface area contributed by atoms with Crippen molar-refractivity contribution in [3.05, 3.63) is 101 Å². The maximum atomic E-state index is 13.4. The topological polar surface area (TPSA) is 56.5 Å². The first-order valence-corrected chi connectivity index (χ1v) is 13.2. The summed E-state index contributed by atoms with van der Waals surface area (Å²) < 4.78 is 10.3. The molecule has 0 aliphatic rings. The molecule has 1 heterocycles. The molecule has 0 saturated carbocycles.